The van der Waals surface area contributed by atoms with Crippen molar-refractivity contribution in [2.24, 2.45) is 0 Å². The van der Waals surface area contributed by atoms with E-state index in [9.17, 15) is 0 Å². The van der Waals surface area contributed by atoms with Gasteiger partial charge >= 0.3 is 0 Å². The Kier molecular flexibility index (Phi) is 4.55. The lowest BCUT2D eigenvalue weighted by atomic mass is 10.1. The average Bonchev–Trinajstić information content (AvgIpc) is 3.18. The summed E-state index contributed by atoms with van der Waals surface area (Å²) in [5.74, 6) is 0. The molecule has 1 N–H and O–H groups in total. The normalized spacial score (nSPS) is 16.3. The van der Waals surface area contributed by atoms with Crippen LogP contribution in [0.5, 0.6) is 0 Å². The van der Waals surface area contributed by atoms with Crippen LogP contribution in [0.4, 0.5) is 5.69 Å². The Morgan fingerprint density at radius 1 is 1.19 bits per heavy atom. The fourth-order valence-corrected chi connectivity index (χ4v) is 2.96. The van der Waals surface area contributed by atoms with Gasteiger partial charge in [-0.05, 0) is 37.5 Å². The van der Waals surface area contributed by atoms with E-state index in [0.29, 0.717) is 6.04 Å². The largest absolute Gasteiger partial charge is 0.371 e. The van der Waals surface area contributed by atoms with E-state index in [0.717, 1.165) is 13.1 Å². The van der Waals surface area contributed by atoms with Crippen LogP contribution in [0.2, 0.25) is 0 Å². The van der Waals surface area contributed by atoms with Gasteiger partial charge in [0.2, 0.25) is 0 Å². The third-order valence-corrected chi connectivity index (χ3v) is 4.10. The summed E-state index contributed by atoms with van der Waals surface area (Å²) in [6.07, 6.45) is 6.47. The highest BCUT2D eigenvalue weighted by Gasteiger charge is 2.15. The first-order chi connectivity index (χ1) is 10.3. The number of aromatic nitrogens is 2. The third kappa shape index (κ3) is 3.64. The zero-order valence-electron chi connectivity index (χ0n) is 12.7. The molecule has 0 amide bonds. The Bertz CT molecular complexity index is 544. The maximum atomic E-state index is 4.26. The van der Waals surface area contributed by atoms with Crippen molar-refractivity contribution >= 4 is 5.69 Å². The quantitative estimate of drug-likeness (QED) is 0.885. The second-order valence-corrected chi connectivity index (χ2v) is 5.83. The van der Waals surface area contributed by atoms with Gasteiger partial charge in [-0.25, -0.2) is 0 Å². The molecule has 112 valence electrons. The summed E-state index contributed by atoms with van der Waals surface area (Å²) >= 11 is 0. The molecule has 1 saturated heterocycles. The van der Waals surface area contributed by atoms with Gasteiger partial charge < -0.3 is 10.2 Å². The van der Waals surface area contributed by atoms with Gasteiger partial charge in [0.15, 0.2) is 0 Å². The summed E-state index contributed by atoms with van der Waals surface area (Å²) in [5.41, 5.74) is 2.79. The van der Waals surface area contributed by atoms with Crippen molar-refractivity contribution in [3.8, 4) is 0 Å². The Balaban J connectivity index is 1.59. The maximum Gasteiger partial charge on any atom is 0.0560 e. The van der Waals surface area contributed by atoms with Crippen LogP contribution in [-0.2, 0) is 13.1 Å². The van der Waals surface area contributed by atoms with E-state index >= 15 is 0 Å². The molecule has 0 saturated carbocycles. The van der Waals surface area contributed by atoms with E-state index in [1.54, 1.807) is 0 Å². The molecular formula is C17H24N4. The van der Waals surface area contributed by atoms with Crippen molar-refractivity contribution in [3.63, 3.8) is 0 Å². The fourth-order valence-electron chi connectivity index (χ4n) is 2.96. The molecule has 4 nitrogen and oxygen atoms in total. The predicted octanol–water partition coefficient (Wildman–Crippen LogP) is 2.66. The van der Waals surface area contributed by atoms with Gasteiger partial charge in [0.25, 0.3) is 0 Å². The van der Waals surface area contributed by atoms with Gasteiger partial charge in [0, 0.05) is 43.8 Å². The van der Waals surface area contributed by atoms with E-state index in [-0.39, 0.29) is 0 Å². The smallest absolute Gasteiger partial charge is 0.0560 e. The van der Waals surface area contributed by atoms with Crippen LogP contribution in [0.3, 0.4) is 0 Å². The Morgan fingerprint density at radius 3 is 2.76 bits per heavy atom. The maximum absolute atomic E-state index is 4.26. The molecule has 1 aliphatic heterocycles. The summed E-state index contributed by atoms with van der Waals surface area (Å²) in [7, 11) is 0. The van der Waals surface area contributed by atoms with Crippen molar-refractivity contribution in [2.45, 2.75) is 38.9 Å². The van der Waals surface area contributed by atoms with Crippen LogP contribution in [0, 0.1) is 0 Å². The fraction of sp³-hybridized carbons (Fsp3) is 0.471. The van der Waals surface area contributed by atoms with Gasteiger partial charge in [-0.15, -0.1) is 0 Å². The molecule has 2 aromatic rings. The summed E-state index contributed by atoms with van der Waals surface area (Å²) in [6.45, 7) is 6.41. The van der Waals surface area contributed by atoms with Crippen LogP contribution in [0.25, 0.3) is 0 Å². The second-order valence-electron chi connectivity index (χ2n) is 5.83. The molecule has 21 heavy (non-hydrogen) atoms. The minimum Gasteiger partial charge on any atom is -0.371 e. The summed E-state index contributed by atoms with van der Waals surface area (Å²) in [5, 5.41) is 7.87. The van der Waals surface area contributed by atoms with E-state index in [4.69, 9.17) is 0 Å². The van der Waals surface area contributed by atoms with Crippen molar-refractivity contribution in [3.05, 3.63) is 48.3 Å². The van der Waals surface area contributed by atoms with Crippen molar-refractivity contribution in [1.82, 2.24) is 15.1 Å². The lowest BCUT2D eigenvalue weighted by Crippen LogP contribution is -2.31. The lowest BCUT2D eigenvalue weighted by Gasteiger charge is -2.22. The molecule has 1 atom stereocenters. The molecule has 1 aliphatic rings. The van der Waals surface area contributed by atoms with E-state index in [1.165, 1.54) is 37.2 Å². The number of hydrogen-bond acceptors (Lipinski definition) is 3. The van der Waals surface area contributed by atoms with Crippen molar-refractivity contribution < 1.29 is 0 Å². The highest BCUT2D eigenvalue weighted by atomic mass is 15.3. The monoisotopic (exact) mass is 284 g/mol. The number of nitrogens with zero attached hydrogens (tertiary/aromatic N) is 3. The number of rotatable bonds is 6. The summed E-state index contributed by atoms with van der Waals surface area (Å²) in [4.78, 5) is 2.51. The molecule has 0 radical (unpaired) electrons. The van der Waals surface area contributed by atoms with Gasteiger partial charge in [-0.2, -0.15) is 5.10 Å². The lowest BCUT2D eigenvalue weighted by molar-refractivity contribution is 0.451. The van der Waals surface area contributed by atoms with Crippen LogP contribution >= 0.6 is 0 Å². The first-order valence-electron chi connectivity index (χ1n) is 7.86. The third-order valence-electron chi connectivity index (χ3n) is 4.10. The van der Waals surface area contributed by atoms with Crippen LogP contribution in [0.1, 0.15) is 25.3 Å². The highest BCUT2D eigenvalue weighted by Crippen LogP contribution is 2.24. The predicted molar refractivity (Wildman–Crippen MR) is 86.4 cm³/mol. The van der Waals surface area contributed by atoms with Gasteiger partial charge in [-0.1, -0.05) is 18.2 Å². The zero-order chi connectivity index (χ0) is 14.5. The molecule has 1 unspecified atom stereocenters. The molecule has 0 aliphatic carbocycles. The number of anilines is 1. The molecule has 1 fully saturated rings. The first kappa shape index (κ1) is 14.1. The molecule has 0 spiro atoms. The molecular weight excluding hydrogens is 260 g/mol. The molecule has 1 aromatic heterocycles. The van der Waals surface area contributed by atoms with Gasteiger partial charge in [0.1, 0.15) is 0 Å². The number of para-hydroxylation sites is 1. The highest BCUT2D eigenvalue weighted by molar-refractivity contribution is 5.54. The number of benzene rings is 1. The van der Waals surface area contributed by atoms with Crippen LogP contribution in [-0.4, -0.2) is 28.9 Å². The van der Waals surface area contributed by atoms with Crippen LogP contribution in [0.15, 0.2) is 42.7 Å². The Hall–Kier alpha value is -1.81. The van der Waals surface area contributed by atoms with Crippen molar-refractivity contribution in [1.29, 1.82) is 0 Å². The minimum atomic E-state index is 0.400. The van der Waals surface area contributed by atoms with Gasteiger partial charge in [0.05, 0.1) is 6.54 Å². The molecule has 3 rings (SSSR count). The first-order valence-corrected chi connectivity index (χ1v) is 7.86. The molecule has 0 bridgehead atoms. The van der Waals surface area contributed by atoms with E-state index in [1.807, 2.05) is 23.1 Å². The SMILES string of the molecule is CC(Cn1cccn1)NCc1ccccc1N1CCCC1. The van der Waals surface area contributed by atoms with E-state index < -0.39 is 0 Å². The summed E-state index contributed by atoms with van der Waals surface area (Å²) < 4.78 is 1.98. The Morgan fingerprint density at radius 2 is 2.00 bits per heavy atom. The Labute approximate surface area is 126 Å². The standard InChI is InChI=1S/C17H24N4/c1-15(14-21-12-6-9-19-21)18-13-16-7-2-3-8-17(16)20-10-4-5-11-20/h2-3,6-9,12,15,18H,4-5,10-11,13-14H2,1H3. The van der Waals surface area contributed by atoms with Gasteiger partial charge in [-0.3, -0.25) is 4.68 Å². The van der Waals surface area contributed by atoms with Crippen molar-refractivity contribution in [2.75, 3.05) is 18.0 Å². The van der Waals surface area contributed by atoms with Crippen LogP contribution < -0.4 is 10.2 Å². The minimum absolute atomic E-state index is 0.400. The molecule has 4 heteroatoms. The topological polar surface area (TPSA) is 33.1 Å². The average molecular weight is 284 g/mol. The molecule has 2 heterocycles. The molecule has 1 aromatic carbocycles. The number of hydrogen-bond donors (Lipinski definition) is 1. The number of nitrogens with one attached hydrogen (secondary N) is 1. The summed E-state index contributed by atoms with van der Waals surface area (Å²) in [6, 6.07) is 11.1. The van der Waals surface area contributed by atoms with E-state index in [2.05, 4.69) is 46.5 Å². The second kappa shape index (κ2) is 6.76. The zero-order valence-corrected chi connectivity index (χ0v) is 12.7.